The Labute approximate surface area is 232 Å². The van der Waals surface area contributed by atoms with Crippen LogP contribution in [-0.2, 0) is 20.9 Å². The SMILES string of the molecule is COCCCN1C(=O)C(=O)/C(=C(/O)c2c(C)nc3ccccn23)C1c1ccc(OCc2ccccc2)c(OC)c1. The Morgan fingerprint density at radius 1 is 1.00 bits per heavy atom. The zero-order valence-electron chi connectivity index (χ0n) is 22.7. The maximum atomic E-state index is 13.5. The van der Waals surface area contributed by atoms with E-state index in [-0.39, 0.29) is 17.9 Å². The molecule has 4 aromatic rings. The van der Waals surface area contributed by atoms with Crippen LogP contribution in [0.2, 0.25) is 0 Å². The van der Waals surface area contributed by atoms with Gasteiger partial charge in [0.1, 0.15) is 17.9 Å². The Morgan fingerprint density at radius 3 is 2.52 bits per heavy atom. The number of pyridine rings is 1. The molecule has 1 fully saturated rings. The number of imidazole rings is 1. The summed E-state index contributed by atoms with van der Waals surface area (Å²) in [6.45, 7) is 2.78. The van der Waals surface area contributed by atoms with E-state index < -0.39 is 17.7 Å². The number of ether oxygens (including phenoxy) is 3. The van der Waals surface area contributed by atoms with Gasteiger partial charge in [-0.15, -0.1) is 0 Å². The van der Waals surface area contributed by atoms with E-state index in [2.05, 4.69) is 4.98 Å². The molecule has 5 rings (SSSR count). The number of rotatable bonds is 10. The molecular formula is C31H31N3O6. The molecular weight excluding hydrogens is 510 g/mol. The topological polar surface area (TPSA) is 103 Å². The minimum Gasteiger partial charge on any atom is -0.505 e. The quantitative estimate of drug-likeness (QED) is 0.135. The number of amides is 1. The molecule has 1 saturated heterocycles. The molecule has 0 aliphatic carbocycles. The van der Waals surface area contributed by atoms with Crippen molar-refractivity contribution in [3.05, 3.63) is 101 Å². The number of carbonyl (C=O) groups is 2. The van der Waals surface area contributed by atoms with Crippen molar-refractivity contribution in [3.8, 4) is 11.5 Å². The monoisotopic (exact) mass is 541 g/mol. The van der Waals surface area contributed by atoms with E-state index in [0.717, 1.165) is 5.56 Å². The molecule has 1 N–H and O–H groups in total. The second kappa shape index (κ2) is 11.6. The van der Waals surface area contributed by atoms with Crippen molar-refractivity contribution in [2.24, 2.45) is 0 Å². The number of aliphatic hydroxyl groups excluding tert-OH is 1. The van der Waals surface area contributed by atoms with Crippen molar-refractivity contribution in [3.63, 3.8) is 0 Å². The molecule has 1 amide bonds. The molecule has 0 spiro atoms. The lowest BCUT2D eigenvalue weighted by Crippen LogP contribution is -2.31. The maximum Gasteiger partial charge on any atom is 0.295 e. The number of hydrogen-bond donors (Lipinski definition) is 1. The van der Waals surface area contributed by atoms with Crippen molar-refractivity contribution in [2.75, 3.05) is 27.4 Å². The van der Waals surface area contributed by atoms with Gasteiger partial charge in [0.05, 0.1) is 24.4 Å². The van der Waals surface area contributed by atoms with Crippen LogP contribution in [0.4, 0.5) is 0 Å². The van der Waals surface area contributed by atoms with Gasteiger partial charge in [-0.25, -0.2) is 4.98 Å². The molecule has 1 unspecified atom stereocenters. The summed E-state index contributed by atoms with van der Waals surface area (Å²) in [5, 5.41) is 11.6. The summed E-state index contributed by atoms with van der Waals surface area (Å²) in [4.78, 5) is 32.8. The lowest BCUT2D eigenvalue weighted by Gasteiger charge is -2.26. The molecule has 2 aromatic carbocycles. The van der Waals surface area contributed by atoms with Crippen molar-refractivity contribution < 1.29 is 28.9 Å². The Hall–Kier alpha value is -4.63. The molecule has 3 heterocycles. The number of nitrogens with zero attached hydrogens (tertiary/aromatic N) is 3. The van der Waals surface area contributed by atoms with Gasteiger partial charge in [-0.3, -0.25) is 14.0 Å². The fraction of sp³-hybridized carbons (Fsp3) is 0.258. The highest BCUT2D eigenvalue weighted by Gasteiger charge is 2.46. The Bertz CT molecular complexity index is 1580. The van der Waals surface area contributed by atoms with Crippen molar-refractivity contribution in [2.45, 2.75) is 26.0 Å². The van der Waals surface area contributed by atoms with Crippen LogP contribution in [0.1, 0.15) is 35.0 Å². The van der Waals surface area contributed by atoms with Crippen LogP contribution in [0, 0.1) is 6.92 Å². The van der Waals surface area contributed by atoms with E-state index in [4.69, 9.17) is 14.2 Å². The van der Waals surface area contributed by atoms with Gasteiger partial charge in [-0.2, -0.15) is 0 Å². The number of aromatic nitrogens is 2. The van der Waals surface area contributed by atoms with Gasteiger partial charge in [0.15, 0.2) is 17.3 Å². The first-order chi connectivity index (χ1) is 19.4. The van der Waals surface area contributed by atoms with E-state index >= 15 is 0 Å². The number of aliphatic hydroxyl groups is 1. The minimum atomic E-state index is -0.845. The molecule has 0 saturated carbocycles. The predicted octanol–water partition coefficient (Wildman–Crippen LogP) is 4.69. The van der Waals surface area contributed by atoms with E-state index in [1.807, 2.05) is 48.5 Å². The number of fused-ring (bicyclic) bond motifs is 1. The molecule has 9 heteroatoms. The second-order valence-corrected chi connectivity index (χ2v) is 9.50. The first-order valence-corrected chi connectivity index (χ1v) is 13.0. The second-order valence-electron chi connectivity index (χ2n) is 9.50. The lowest BCUT2D eigenvalue weighted by molar-refractivity contribution is -0.140. The number of ketones is 1. The van der Waals surface area contributed by atoms with E-state index in [1.165, 1.54) is 12.0 Å². The number of methoxy groups -OCH3 is 2. The molecule has 2 aromatic heterocycles. The molecule has 1 aliphatic heterocycles. The molecule has 40 heavy (non-hydrogen) atoms. The average molecular weight is 542 g/mol. The molecule has 1 atom stereocenters. The summed E-state index contributed by atoms with van der Waals surface area (Å²) >= 11 is 0. The van der Waals surface area contributed by atoms with Crippen LogP contribution in [0.15, 0.2) is 78.5 Å². The third-order valence-corrected chi connectivity index (χ3v) is 6.96. The van der Waals surface area contributed by atoms with Crippen LogP contribution in [0.3, 0.4) is 0 Å². The van der Waals surface area contributed by atoms with E-state index in [1.54, 1.807) is 42.8 Å². The molecule has 0 bridgehead atoms. The van der Waals surface area contributed by atoms with Crippen molar-refractivity contribution in [1.82, 2.24) is 14.3 Å². The van der Waals surface area contributed by atoms with Gasteiger partial charge in [-0.1, -0.05) is 42.5 Å². The van der Waals surface area contributed by atoms with Crippen molar-refractivity contribution in [1.29, 1.82) is 0 Å². The Balaban J connectivity index is 1.59. The molecule has 0 radical (unpaired) electrons. The molecule has 1 aliphatic rings. The summed E-state index contributed by atoms with van der Waals surface area (Å²) in [6.07, 6.45) is 2.28. The Morgan fingerprint density at radius 2 is 1.77 bits per heavy atom. The normalized spacial score (nSPS) is 16.6. The van der Waals surface area contributed by atoms with Gasteiger partial charge in [0.25, 0.3) is 11.7 Å². The highest BCUT2D eigenvalue weighted by molar-refractivity contribution is 6.46. The van der Waals surface area contributed by atoms with Crippen LogP contribution >= 0.6 is 0 Å². The zero-order valence-corrected chi connectivity index (χ0v) is 22.7. The van der Waals surface area contributed by atoms with Gasteiger partial charge in [-0.05, 0) is 48.7 Å². The first kappa shape index (κ1) is 27.0. The van der Waals surface area contributed by atoms with Gasteiger partial charge in [0.2, 0.25) is 0 Å². The summed E-state index contributed by atoms with van der Waals surface area (Å²) in [6, 6.07) is 19.7. The van der Waals surface area contributed by atoms with Gasteiger partial charge < -0.3 is 24.2 Å². The summed E-state index contributed by atoms with van der Waals surface area (Å²) < 4.78 is 18.6. The highest BCUT2D eigenvalue weighted by Crippen LogP contribution is 2.42. The molecule has 206 valence electrons. The van der Waals surface area contributed by atoms with E-state index in [9.17, 15) is 14.7 Å². The van der Waals surface area contributed by atoms with Crippen molar-refractivity contribution >= 4 is 23.1 Å². The van der Waals surface area contributed by atoms with Gasteiger partial charge in [0, 0.05) is 26.5 Å². The smallest absolute Gasteiger partial charge is 0.295 e. The number of carbonyl (C=O) groups excluding carboxylic acids is 2. The van der Waals surface area contributed by atoms with Crippen LogP contribution < -0.4 is 9.47 Å². The first-order valence-electron chi connectivity index (χ1n) is 13.0. The predicted molar refractivity (Wildman–Crippen MR) is 149 cm³/mol. The average Bonchev–Trinajstić information content (AvgIpc) is 3.44. The lowest BCUT2D eigenvalue weighted by atomic mass is 9.95. The van der Waals surface area contributed by atoms with Gasteiger partial charge >= 0.3 is 0 Å². The van der Waals surface area contributed by atoms with Crippen LogP contribution in [0.5, 0.6) is 11.5 Å². The van der Waals surface area contributed by atoms with Crippen LogP contribution in [-0.4, -0.2) is 58.5 Å². The zero-order chi connectivity index (χ0) is 28.2. The maximum absolute atomic E-state index is 13.5. The summed E-state index contributed by atoms with van der Waals surface area (Å²) in [5.74, 6) is -0.755. The summed E-state index contributed by atoms with van der Waals surface area (Å²) in [5.41, 5.74) is 3.13. The number of Topliss-reactive ketones (excluding diaryl/α,β-unsaturated/α-hetero) is 1. The largest absolute Gasteiger partial charge is 0.505 e. The standard InChI is InChI=1S/C31H31N3O6/c1-20-27(33-15-8-7-12-25(33)32-20)29(35)26-28(34(16-9-17-38-2)31(37)30(26)36)22-13-14-23(24(18-22)39-3)40-19-21-10-5-4-6-11-21/h4-8,10-15,18,28,35H,9,16-17,19H2,1-3H3/b29-26+. The fourth-order valence-electron chi connectivity index (χ4n) is 5.07. The third-order valence-electron chi connectivity index (χ3n) is 6.96. The third kappa shape index (κ3) is 5.03. The number of benzene rings is 2. The minimum absolute atomic E-state index is 0.00354. The fourth-order valence-corrected chi connectivity index (χ4v) is 5.07. The van der Waals surface area contributed by atoms with E-state index in [0.29, 0.717) is 53.7 Å². The molecule has 9 nitrogen and oxygen atoms in total. The summed E-state index contributed by atoms with van der Waals surface area (Å²) in [7, 11) is 3.12. The number of hydrogen-bond acceptors (Lipinski definition) is 7. The van der Waals surface area contributed by atoms with Crippen LogP contribution in [0.25, 0.3) is 11.4 Å². The highest BCUT2D eigenvalue weighted by atomic mass is 16.5. The number of aryl methyl sites for hydroxylation is 1. The Kier molecular flexibility index (Phi) is 7.84. The number of likely N-dealkylation sites (tertiary alicyclic amines) is 1.